The highest BCUT2D eigenvalue weighted by molar-refractivity contribution is 7.07. The normalized spacial score (nSPS) is 19.3. The van der Waals surface area contributed by atoms with E-state index in [4.69, 9.17) is 4.52 Å². The summed E-state index contributed by atoms with van der Waals surface area (Å²) < 4.78 is 5.13. The Labute approximate surface area is 124 Å². The first-order valence-corrected chi connectivity index (χ1v) is 8.07. The Morgan fingerprint density at radius 1 is 1.35 bits per heavy atom. The van der Waals surface area contributed by atoms with Gasteiger partial charge in [-0.05, 0) is 36.2 Å². The highest BCUT2D eigenvalue weighted by Gasteiger charge is 2.22. The number of piperazine rings is 1. The van der Waals surface area contributed by atoms with Crippen LogP contribution in [-0.2, 0) is 6.54 Å². The van der Waals surface area contributed by atoms with E-state index in [1.54, 1.807) is 11.3 Å². The molecule has 0 aromatic carbocycles. The summed E-state index contributed by atoms with van der Waals surface area (Å²) in [7, 11) is 0. The largest absolute Gasteiger partial charge is 0.361 e. The van der Waals surface area contributed by atoms with Gasteiger partial charge in [0, 0.05) is 44.8 Å². The van der Waals surface area contributed by atoms with Crippen molar-refractivity contribution >= 4 is 11.3 Å². The summed E-state index contributed by atoms with van der Waals surface area (Å²) in [6.07, 6.45) is 0. The van der Waals surface area contributed by atoms with Crippen molar-refractivity contribution in [2.75, 3.05) is 26.2 Å². The fraction of sp³-hybridized carbons (Fsp3) is 0.533. The Balaban J connectivity index is 1.52. The molecule has 108 valence electrons. The van der Waals surface area contributed by atoms with Crippen LogP contribution >= 0.6 is 11.3 Å². The van der Waals surface area contributed by atoms with Gasteiger partial charge in [0.25, 0.3) is 0 Å². The quantitative estimate of drug-likeness (QED) is 0.867. The molecule has 0 radical (unpaired) electrons. The van der Waals surface area contributed by atoms with Crippen molar-refractivity contribution in [2.24, 2.45) is 0 Å². The van der Waals surface area contributed by atoms with Crippen LogP contribution in [0.5, 0.6) is 0 Å². The lowest BCUT2D eigenvalue weighted by Crippen LogP contribution is -2.46. The summed E-state index contributed by atoms with van der Waals surface area (Å²) in [6.45, 7) is 9.58. The molecule has 2 aromatic rings. The first-order chi connectivity index (χ1) is 9.72. The topological polar surface area (TPSA) is 32.5 Å². The molecule has 0 bridgehead atoms. The fourth-order valence-electron chi connectivity index (χ4n) is 2.75. The molecule has 0 unspecified atom stereocenters. The van der Waals surface area contributed by atoms with Crippen LogP contribution in [0.3, 0.4) is 0 Å². The molecule has 5 heteroatoms. The highest BCUT2D eigenvalue weighted by Crippen LogP contribution is 2.23. The second-order valence-corrected chi connectivity index (χ2v) is 6.25. The van der Waals surface area contributed by atoms with Gasteiger partial charge in [0.05, 0.1) is 5.69 Å². The molecule has 1 saturated heterocycles. The number of hydrogen-bond donors (Lipinski definition) is 0. The van der Waals surface area contributed by atoms with Gasteiger partial charge in [0.15, 0.2) is 0 Å². The first kappa shape index (κ1) is 13.8. The number of aryl methyl sites for hydroxylation is 1. The Hall–Kier alpha value is -1.17. The van der Waals surface area contributed by atoms with Crippen LogP contribution in [0, 0.1) is 6.92 Å². The van der Waals surface area contributed by atoms with Gasteiger partial charge < -0.3 is 4.52 Å². The Morgan fingerprint density at radius 3 is 2.75 bits per heavy atom. The van der Waals surface area contributed by atoms with Crippen LogP contribution in [0.15, 0.2) is 27.4 Å². The van der Waals surface area contributed by atoms with Crippen molar-refractivity contribution in [3.8, 4) is 0 Å². The summed E-state index contributed by atoms with van der Waals surface area (Å²) in [5, 5.41) is 8.50. The third-order valence-electron chi connectivity index (χ3n) is 4.04. The van der Waals surface area contributed by atoms with E-state index in [1.165, 1.54) is 5.56 Å². The minimum atomic E-state index is 0.526. The lowest BCUT2D eigenvalue weighted by molar-refractivity contribution is 0.0965. The predicted molar refractivity (Wildman–Crippen MR) is 80.8 cm³/mol. The molecule has 20 heavy (non-hydrogen) atoms. The first-order valence-electron chi connectivity index (χ1n) is 7.13. The van der Waals surface area contributed by atoms with Crippen LogP contribution in [0.25, 0.3) is 0 Å². The monoisotopic (exact) mass is 291 g/mol. The second kappa shape index (κ2) is 6.08. The van der Waals surface area contributed by atoms with E-state index in [2.05, 4.69) is 38.7 Å². The van der Waals surface area contributed by atoms with Crippen LogP contribution < -0.4 is 0 Å². The second-order valence-electron chi connectivity index (χ2n) is 5.47. The molecule has 0 saturated carbocycles. The van der Waals surface area contributed by atoms with E-state index >= 15 is 0 Å². The Kier molecular flexibility index (Phi) is 4.19. The van der Waals surface area contributed by atoms with Crippen molar-refractivity contribution in [1.29, 1.82) is 0 Å². The Morgan fingerprint density at radius 2 is 2.15 bits per heavy atom. The van der Waals surface area contributed by atoms with Crippen molar-refractivity contribution < 1.29 is 4.52 Å². The third kappa shape index (κ3) is 3.11. The van der Waals surface area contributed by atoms with Gasteiger partial charge in [0.2, 0.25) is 0 Å². The molecule has 0 aliphatic carbocycles. The summed E-state index contributed by atoms with van der Waals surface area (Å²) in [5.41, 5.74) is 2.48. The minimum Gasteiger partial charge on any atom is -0.361 e. The SMILES string of the molecule is Cc1cc(CN2CCN([C@@H](C)c3ccsc3)CC2)no1. The van der Waals surface area contributed by atoms with Gasteiger partial charge >= 0.3 is 0 Å². The molecule has 3 heterocycles. The minimum absolute atomic E-state index is 0.526. The van der Waals surface area contributed by atoms with Crippen molar-refractivity contribution in [3.63, 3.8) is 0 Å². The summed E-state index contributed by atoms with van der Waals surface area (Å²) in [5.74, 6) is 0.893. The number of aromatic nitrogens is 1. The zero-order valence-electron chi connectivity index (χ0n) is 12.1. The smallest absolute Gasteiger partial charge is 0.133 e. The molecular weight excluding hydrogens is 270 g/mol. The molecule has 0 amide bonds. The van der Waals surface area contributed by atoms with E-state index in [9.17, 15) is 0 Å². The third-order valence-corrected chi connectivity index (χ3v) is 4.74. The molecule has 1 aliphatic heterocycles. The summed E-state index contributed by atoms with van der Waals surface area (Å²) in [6, 6.07) is 4.79. The average molecular weight is 291 g/mol. The molecule has 1 fully saturated rings. The lowest BCUT2D eigenvalue weighted by Gasteiger charge is -2.37. The molecule has 3 rings (SSSR count). The number of nitrogens with zero attached hydrogens (tertiary/aromatic N) is 3. The van der Waals surface area contributed by atoms with Gasteiger partial charge in [0.1, 0.15) is 5.76 Å². The van der Waals surface area contributed by atoms with Crippen LogP contribution in [-0.4, -0.2) is 41.1 Å². The average Bonchev–Trinajstić information content (AvgIpc) is 3.11. The van der Waals surface area contributed by atoms with E-state index in [0.717, 1.165) is 44.2 Å². The zero-order valence-corrected chi connectivity index (χ0v) is 12.9. The van der Waals surface area contributed by atoms with Crippen molar-refractivity contribution in [2.45, 2.75) is 26.4 Å². The van der Waals surface area contributed by atoms with Gasteiger partial charge in [-0.1, -0.05) is 5.16 Å². The van der Waals surface area contributed by atoms with E-state index < -0.39 is 0 Å². The van der Waals surface area contributed by atoms with E-state index in [1.807, 2.05) is 13.0 Å². The van der Waals surface area contributed by atoms with E-state index in [-0.39, 0.29) is 0 Å². The standard InChI is InChI=1S/C15H21N3OS/c1-12-9-15(16-19-12)10-17-4-6-18(7-5-17)13(2)14-3-8-20-11-14/h3,8-9,11,13H,4-7,10H2,1-2H3/t13-/m0/s1. The maximum absolute atomic E-state index is 5.13. The molecule has 1 atom stereocenters. The number of hydrogen-bond acceptors (Lipinski definition) is 5. The number of thiophene rings is 1. The maximum Gasteiger partial charge on any atom is 0.133 e. The molecule has 1 aliphatic rings. The van der Waals surface area contributed by atoms with Crippen molar-refractivity contribution in [3.05, 3.63) is 39.9 Å². The zero-order chi connectivity index (χ0) is 13.9. The van der Waals surface area contributed by atoms with Gasteiger partial charge in [-0.15, -0.1) is 0 Å². The summed E-state index contributed by atoms with van der Waals surface area (Å²) in [4.78, 5) is 5.01. The Bertz CT molecular complexity index is 529. The van der Waals surface area contributed by atoms with Gasteiger partial charge in [-0.3, -0.25) is 9.80 Å². The van der Waals surface area contributed by atoms with E-state index in [0.29, 0.717) is 6.04 Å². The molecule has 0 spiro atoms. The highest BCUT2D eigenvalue weighted by atomic mass is 32.1. The van der Waals surface area contributed by atoms with Crippen molar-refractivity contribution in [1.82, 2.24) is 15.0 Å². The molecule has 0 N–H and O–H groups in total. The van der Waals surface area contributed by atoms with Crippen LogP contribution in [0.1, 0.15) is 30.0 Å². The number of rotatable bonds is 4. The molecule has 2 aromatic heterocycles. The fourth-order valence-corrected chi connectivity index (χ4v) is 3.50. The molecule has 4 nitrogen and oxygen atoms in total. The van der Waals surface area contributed by atoms with Gasteiger partial charge in [-0.25, -0.2) is 0 Å². The van der Waals surface area contributed by atoms with Gasteiger partial charge in [-0.2, -0.15) is 11.3 Å². The van der Waals surface area contributed by atoms with Crippen LogP contribution in [0.4, 0.5) is 0 Å². The molecular formula is C15H21N3OS. The predicted octanol–water partition coefficient (Wildman–Crippen LogP) is 2.92. The maximum atomic E-state index is 5.13. The lowest BCUT2D eigenvalue weighted by atomic mass is 10.1. The van der Waals surface area contributed by atoms with Crippen LogP contribution in [0.2, 0.25) is 0 Å². The summed E-state index contributed by atoms with van der Waals surface area (Å²) >= 11 is 1.78.